The third-order valence-corrected chi connectivity index (χ3v) is 4.93. The van der Waals surface area contributed by atoms with Gasteiger partial charge in [0.15, 0.2) is 6.10 Å². The smallest absolute Gasteiger partial charge is 0.335 e. The van der Waals surface area contributed by atoms with E-state index < -0.39 is 18.1 Å². The Labute approximate surface area is 179 Å². The molecule has 0 fully saturated rings. The molecule has 31 heavy (non-hydrogen) atoms. The summed E-state index contributed by atoms with van der Waals surface area (Å²) in [6, 6.07) is 27.2. The maximum atomic E-state index is 11.4. The second kappa shape index (κ2) is 9.28. The van der Waals surface area contributed by atoms with Gasteiger partial charge in [0.2, 0.25) is 0 Å². The normalized spacial score (nSPS) is 12.8. The van der Waals surface area contributed by atoms with Crippen LogP contribution in [0.1, 0.15) is 17.3 Å². The maximum Gasteiger partial charge on any atom is 0.335 e. The molecular formula is C25H22N2O4. The maximum absolute atomic E-state index is 11.4. The molecule has 1 aromatic heterocycles. The molecule has 2 atom stereocenters. The molecule has 156 valence electrons. The summed E-state index contributed by atoms with van der Waals surface area (Å²) in [5, 5.41) is 23.7. The summed E-state index contributed by atoms with van der Waals surface area (Å²) in [5.41, 5.74) is 3.02. The Balaban J connectivity index is 1.49. The molecule has 0 aliphatic heterocycles. The molecule has 0 aliphatic carbocycles. The van der Waals surface area contributed by atoms with Gasteiger partial charge in [0, 0.05) is 17.1 Å². The molecule has 6 heteroatoms. The van der Waals surface area contributed by atoms with Crippen molar-refractivity contribution < 1.29 is 19.7 Å². The van der Waals surface area contributed by atoms with E-state index in [9.17, 15) is 15.0 Å². The number of rotatable bonds is 8. The first-order chi connectivity index (χ1) is 15.1. The van der Waals surface area contributed by atoms with Crippen molar-refractivity contribution in [2.24, 2.45) is 0 Å². The summed E-state index contributed by atoms with van der Waals surface area (Å²) in [4.78, 5) is 16.0. The number of pyridine rings is 1. The van der Waals surface area contributed by atoms with Crippen LogP contribution in [0.3, 0.4) is 0 Å². The number of hydrogen-bond acceptors (Lipinski definition) is 5. The molecular weight excluding hydrogens is 392 g/mol. The van der Waals surface area contributed by atoms with E-state index in [0.29, 0.717) is 23.6 Å². The SMILES string of the molecule is O=C(O)[C@H](O)[C@@H](Nc1cccc(OCc2ccc3ccccc3n2)c1)c1ccccc1. The molecule has 4 aromatic rings. The number of nitrogens with zero attached hydrogens (tertiary/aromatic N) is 1. The van der Waals surface area contributed by atoms with Crippen molar-refractivity contribution in [3.8, 4) is 5.75 Å². The zero-order valence-corrected chi connectivity index (χ0v) is 16.7. The van der Waals surface area contributed by atoms with Crippen LogP contribution in [-0.2, 0) is 11.4 Å². The van der Waals surface area contributed by atoms with Crippen LogP contribution < -0.4 is 10.1 Å². The van der Waals surface area contributed by atoms with Crippen molar-refractivity contribution >= 4 is 22.6 Å². The predicted molar refractivity (Wildman–Crippen MR) is 119 cm³/mol. The molecule has 3 aromatic carbocycles. The van der Waals surface area contributed by atoms with Crippen molar-refractivity contribution in [3.63, 3.8) is 0 Å². The van der Waals surface area contributed by atoms with Crippen LogP contribution in [0.5, 0.6) is 5.75 Å². The molecule has 0 aliphatic rings. The van der Waals surface area contributed by atoms with Crippen LogP contribution in [0.4, 0.5) is 5.69 Å². The van der Waals surface area contributed by atoms with E-state index in [1.807, 2.05) is 48.5 Å². The first-order valence-corrected chi connectivity index (χ1v) is 9.90. The van der Waals surface area contributed by atoms with E-state index in [-0.39, 0.29) is 0 Å². The highest BCUT2D eigenvalue weighted by atomic mass is 16.5. The Kier molecular flexibility index (Phi) is 6.10. The fourth-order valence-corrected chi connectivity index (χ4v) is 3.35. The summed E-state index contributed by atoms with van der Waals surface area (Å²) in [6.45, 7) is 0.300. The first-order valence-electron chi connectivity index (χ1n) is 9.90. The van der Waals surface area contributed by atoms with Gasteiger partial charge < -0.3 is 20.3 Å². The number of anilines is 1. The number of nitrogens with one attached hydrogen (secondary N) is 1. The van der Waals surface area contributed by atoms with Crippen LogP contribution in [0.15, 0.2) is 91.0 Å². The monoisotopic (exact) mass is 414 g/mol. The fourth-order valence-electron chi connectivity index (χ4n) is 3.35. The Bertz CT molecular complexity index is 1180. The summed E-state index contributed by atoms with van der Waals surface area (Å²) in [7, 11) is 0. The minimum atomic E-state index is -1.60. The van der Waals surface area contributed by atoms with E-state index in [1.54, 1.807) is 42.5 Å². The van der Waals surface area contributed by atoms with Crippen LogP contribution in [-0.4, -0.2) is 27.3 Å². The molecule has 0 bridgehead atoms. The van der Waals surface area contributed by atoms with Crippen LogP contribution >= 0.6 is 0 Å². The van der Waals surface area contributed by atoms with Gasteiger partial charge in [-0.05, 0) is 29.8 Å². The molecule has 0 saturated carbocycles. The summed E-state index contributed by atoms with van der Waals surface area (Å²) < 4.78 is 5.90. The number of aromatic nitrogens is 1. The minimum absolute atomic E-state index is 0.300. The van der Waals surface area contributed by atoms with Crippen molar-refractivity contribution in [1.82, 2.24) is 4.98 Å². The van der Waals surface area contributed by atoms with E-state index in [2.05, 4.69) is 10.3 Å². The topological polar surface area (TPSA) is 91.7 Å². The zero-order valence-electron chi connectivity index (χ0n) is 16.7. The number of para-hydroxylation sites is 1. The van der Waals surface area contributed by atoms with E-state index >= 15 is 0 Å². The third-order valence-electron chi connectivity index (χ3n) is 4.93. The first kappa shape index (κ1) is 20.4. The number of benzene rings is 3. The number of fused-ring (bicyclic) bond motifs is 1. The molecule has 0 unspecified atom stereocenters. The standard InChI is InChI=1S/C25H22N2O4/c28-24(25(29)30)23(18-8-2-1-3-9-18)27-19-10-6-11-21(15-19)31-16-20-14-13-17-7-4-5-12-22(17)26-20/h1-15,23-24,27-28H,16H2,(H,29,30)/t23-,24+/m0/s1. The number of aliphatic hydroxyl groups is 1. The Hall–Kier alpha value is -3.90. The van der Waals surface area contributed by atoms with E-state index in [4.69, 9.17) is 4.74 Å². The molecule has 0 radical (unpaired) electrons. The van der Waals surface area contributed by atoms with Gasteiger partial charge in [-0.15, -0.1) is 0 Å². The molecule has 0 saturated heterocycles. The highest BCUT2D eigenvalue weighted by Crippen LogP contribution is 2.26. The van der Waals surface area contributed by atoms with Gasteiger partial charge in [0.05, 0.1) is 17.3 Å². The number of carboxylic acid groups (broad SMARTS) is 1. The van der Waals surface area contributed by atoms with Crippen molar-refractivity contribution in [2.75, 3.05) is 5.32 Å². The number of carbonyl (C=O) groups is 1. The van der Waals surface area contributed by atoms with Gasteiger partial charge >= 0.3 is 5.97 Å². The average Bonchev–Trinajstić information content (AvgIpc) is 2.81. The fraction of sp³-hybridized carbons (Fsp3) is 0.120. The number of aliphatic carboxylic acids is 1. The lowest BCUT2D eigenvalue weighted by atomic mass is 10.0. The average molecular weight is 414 g/mol. The van der Waals surface area contributed by atoms with Gasteiger partial charge in [0.25, 0.3) is 0 Å². The lowest BCUT2D eigenvalue weighted by molar-refractivity contribution is -0.147. The van der Waals surface area contributed by atoms with Gasteiger partial charge in [0.1, 0.15) is 12.4 Å². The second-order valence-corrected chi connectivity index (χ2v) is 7.13. The quantitative estimate of drug-likeness (QED) is 0.396. The molecule has 6 nitrogen and oxygen atoms in total. The molecule has 1 heterocycles. The van der Waals surface area contributed by atoms with Crippen molar-refractivity contribution in [2.45, 2.75) is 18.8 Å². The minimum Gasteiger partial charge on any atom is -0.487 e. The van der Waals surface area contributed by atoms with Crippen molar-refractivity contribution in [3.05, 3.63) is 102 Å². The van der Waals surface area contributed by atoms with E-state index in [1.165, 1.54) is 0 Å². The third kappa shape index (κ3) is 4.99. The lowest BCUT2D eigenvalue weighted by Crippen LogP contribution is -2.32. The molecule has 3 N–H and O–H groups in total. The Morgan fingerprint density at radius 2 is 1.71 bits per heavy atom. The Morgan fingerprint density at radius 3 is 2.52 bits per heavy atom. The Morgan fingerprint density at radius 1 is 0.935 bits per heavy atom. The van der Waals surface area contributed by atoms with Gasteiger partial charge in [-0.25, -0.2) is 9.78 Å². The number of hydrogen-bond donors (Lipinski definition) is 3. The van der Waals surface area contributed by atoms with Gasteiger partial charge in [-0.2, -0.15) is 0 Å². The summed E-state index contributed by atoms with van der Waals surface area (Å²) >= 11 is 0. The molecule has 0 amide bonds. The summed E-state index contributed by atoms with van der Waals surface area (Å²) in [5.74, 6) is -0.687. The summed E-state index contributed by atoms with van der Waals surface area (Å²) in [6.07, 6.45) is -1.60. The highest BCUT2D eigenvalue weighted by molar-refractivity contribution is 5.78. The van der Waals surface area contributed by atoms with E-state index in [0.717, 1.165) is 16.6 Å². The lowest BCUT2D eigenvalue weighted by Gasteiger charge is -2.23. The number of ether oxygens (including phenoxy) is 1. The zero-order chi connectivity index (χ0) is 21.6. The van der Waals surface area contributed by atoms with Gasteiger partial charge in [-0.1, -0.05) is 60.7 Å². The van der Waals surface area contributed by atoms with Gasteiger partial charge in [-0.3, -0.25) is 0 Å². The van der Waals surface area contributed by atoms with Crippen LogP contribution in [0.2, 0.25) is 0 Å². The second-order valence-electron chi connectivity index (χ2n) is 7.13. The van der Waals surface area contributed by atoms with Crippen molar-refractivity contribution in [1.29, 1.82) is 0 Å². The number of aliphatic hydroxyl groups excluding tert-OH is 1. The molecule has 4 rings (SSSR count). The number of carboxylic acids is 1. The highest BCUT2D eigenvalue weighted by Gasteiger charge is 2.27. The predicted octanol–water partition coefficient (Wildman–Crippen LogP) is 4.41. The van der Waals surface area contributed by atoms with Crippen LogP contribution in [0.25, 0.3) is 10.9 Å². The largest absolute Gasteiger partial charge is 0.487 e. The van der Waals surface area contributed by atoms with Crippen LogP contribution in [0, 0.1) is 0 Å². The molecule has 0 spiro atoms.